The molecule has 1 rings (SSSR count). The second-order valence-corrected chi connectivity index (χ2v) is 3.21. The van der Waals surface area contributed by atoms with E-state index in [1.165, 1.54) is 0 Å². The molecule has 0 radical (unpaired) electrons. The number of rotatable bonds is 2. The molecule has 0 aromatic rings. The van der Waals surface area contributed by atoms with Crippen LogP contribution in [0.2, 0.25) is 0 Å². The molecule has 1 aliphatic rings. The summed E-state index contributed by atoms with van der Waals surface area (Å²) < 4.78 is 0. The predicted molar refractivity (Wildman–Crippen MR) is 50.0 cm³/mol. The van der Waals surface area contributed by atoms with E-state index >= 15 is 0 Å². The standard InChI is InChI=1S/C7H15NO2.C2H6/c1-7(10,5-9)6-2-3-8-4-6;1-2/h6,8-10H,2-5H2,1H3;1-2H3. The fraction of sp³-hybridized carbons (Fsp3) is 1.00. The Kier molecular flexibility index (Phi) is 5.46. The summed E-state index contributed by atoms with van der Waals surface area (Å²) in [6, 6.07) is 0. The van der Waals surface area contributed by atoms with Gasteiger partial charge >= 0.3 is 0 Å². The first kappa shape index (κ1) is 11.9. The number of nitrogens with one attached hydrogen (secondary N) is 1. The zero-order valence-corrected chi connectivity index (χ0v) is 8.30. The summed E-state index contributed by atoms with van der Waals surface area (Å²) in [6.07, 6.45) is 0.966. The summed E-state index contributed by atoms with van der Waals surface area (Å²) in [5.74, 6) is 0.220. The van der Waals surface area contributed by atoms with Crippen molar-refractivity contribution >= 4 is 0 Å². The van der Waals surface area contributed by atoms with E-state index in [-0.39, 0.29) is 12.5 Å². The van der Waals surface area contributed by atoms with Gasteiger partial charge < -0.3 is 15.5 Å². The molecule has 0 aromatic carbocycles. The molecule has 0 saturated carbocycles. The van der Waals surface area contributed by atoms with Crippen molar-refractivity contribution in [2.24, 2.45) is 5.92 Å². The molecule has 3 nitrogen and oxygen atoms in total. The molecule has 0 aromatic heterocycles. The van der Waals surface area contributed by atoms with E-state index in [0.717, 1.165) is 19.5 Å². The lowest BCUT2D eigenvalue weighted by Gasteiger charge is -2.26. The van der Waals surface area contributed by atoms with Crippen LogP contribution in [0.25, 0.3) is 0 Å². The van der Waals surface area contributed by atoms with Gasteiger partial charge in [-0.05, 0) is 19.9 Å². The summed E-state index contributed by atoms with van der Waals surface area (Å²) in [4.78, 5) is 0. The first-order chi connectivity index (χ1) is 5.67. The van der Waals surface area contributed by atoms with Gasteiger partial charge in [0.1, 0.15) is 0 Å². The van der Waals surface area contributed by atoms with Crippen molar-refractivity contribution in [3.05, 3.63) is 0 Å². The monoisotopic (exact) mass is 175 g/mol. The molecule has 1 fully saturated rings. The van der Waals surface area contributed by atoms with Crippen LogP contribution in [0.5, 0.6) is 0 Å². The Bertz CT molecular complexity index is 109. The minimum absolute atomic E-state index is 0.140. The molecule has 3 heteroatoms. The maximum atomic E-state index is 9.53. The van der Waals surface area contributed by atoms with E-state index in [4.69, 9.17) is 5.11 Å². The number of aliphatic hydroxyl groups excluding tert-OH is 1. The zero-order valence-electron chi connectivity index (χ0n) is 8.30. The normalized spacial score (nSPS) is 27.2. The second kappa shape index (κ2) is 5.51. The molecule has 0 bridgehead atoms. The fourth-order valence-corrected chi connectivity index (χ4v) is 1.31. The smallest absolute Gasteiger partial charge is 0.0889 e. The maximum Gasteiger partial charge on any atom is 0.0889 e. The van der Waals surface area contributed by atoms with Crippen LogP contribution in [-0.4, -0.2) is 35.5 Å². The molecule has 1 aliphatic heterocycles. The van der Waals surface area contributed by atoms with Crippen LogP contribution < -0.4 is 5.32 Å². The lowest BCUT2D eigenvalue weighted by molar-refractivity contribution is -0.0402. The first-order valence-corrected chi connectivity index (χ1v) is 4.71. The maximum absolute atomic E-state index is 9.53. The average molecular weight is 175 g/mol. The molecule has 1 heterocycles. The number of hydrogen-bond acceptors (Lipinski definition) is 3. The molecule has 12 heavy (non-hydrogen) atoms. The number of aliphatic hydroxyl groups is 2. The highest BCUT2D eigenvalue weighted by Crippen LogP contribution is 2.21. The summed E-state index contributed by atoms with van der Waals surface area (Å²) in [5, 5.41) is 21.5. The lowest BCUT2D eigenvalue weighted by atomic mass is 9.89. The minimum Gasteiger partial charge on any atom is -0.393 e. The molecule has 0 amide bonds. The first-order valence-electron chi connectivity index (χ1n) is 4.71. The third-order valence-electron chi connectivity index (χ3n) is 2.26. The Morgan fingerprint density at radius 2 is 2.08 bits per heavy atom. The van der Waals surface area contributed by atoms with Gasteiger partial charge in [-0.1, -0.05) is 13.8 Å². The van der Waals surface area contributed by atoms with Crippen molar-refractivity contribution in [2.75, 3.05) is 19.7 Å². The van der Waals surface area contributed by atoms with E-state index in [1.807, 2.05) is 13.8 Å². The molecule has 2 unspecified atom stereocenters. The van der Waals surface area contributed by atoms with Crippen molar-refractivity contribution in [3.63, 3.8) is 0 Å². The van der Waals surface area contributed by atoms with Crippen LogP contribution in [0.1, 0.15) is 27.2 Å². The molecule has 3 N–H and O–H groups in total. The molecule has 2 atom stereocenters. The van der Waals surface area contributed by atoms with Crippen LogP contribution in [0, 0.1) is 5.92 Å². The highest BCUT2D eigenvalue weighted by atomic mass is 16.3. The number of hydrogen-bond donors (Lipinski definition) is 3. The van der Waals surface area contributed by atoms with Gasteiger partial charge in [-0.3, -0.25) is 0 Å². The largest absolute Gasteiger partial charge is 0.393 e. The van der Waals surface area contributed by atoms with Gasteiger partial charge in [0, 0.05) is 12.5 Å². The van der Waals surface area contributed by atoms with E-state index in [1.54, 1.807) is 6.92 Å². The van der Waals surface area contributed by atoms with Gasteiger partial charge in [0.15, 0.2) is 0 Å². The van der Waals surface area contributed by atoms with Gasteiger partial charge in [-0.2, -0.15) is 0 Å². The fourth-order valence-electron chi connectivity index (χ4n) is 1.31. The molecule has 74 valence electrons. The van der Waals surface area contributed by atoms with Gasteiger partial charge in [0.25, 0.3) is 0 Å². The van der Waals surface area contributed by atoms with Gasteiger partial charge in [-0.15, -0.1) is 0 Å². The Morgan fingerprint density at radius 1 is 1.50 bits per heavy atom. The quantitative estimate of drug-likeness (QED) is 0.568. The van der Waals surface area contributed by atoms with Crippen molar-refractivity contribution in [1.29, 1.82) is 0 Å². The molecule has 0 aliphatic carbocycles. The third-order valence-corrected chi connectivity index (χ3v) is 2.26. The minimum atomic E-state index is -0.885. The highest BCUT2D eigenvalue weighted by Gasteiger charge is 2.32. The Hall–Kier alpha value is -0.120. The van der Waals surface area contributed by atoms with Crippen molar-refractivity contribution in [3.8, 4) is 0 Å². The third kappa shape index (κ3) is 3.09. The highest BCUT2D eigenvalue weighted by molar-refractivity contribution is 4.86. The topological polar surface area (TPSA) is 52.5 Å². The summed E-state index contributed by atoms with van der Waals surface area (Å²) in [5.41, 5.74) is -0.885. The van der Waals surface area contributed by atoms with Gasteiger partial charge in [-0.25, -0.2) is 0 Å². The Labute approximate surface area is 74.8 Å². The Balaban J connectivity index is 0.000000561. The van der Waals surface area contributed by atoms with Crippen LogP contribution in [0.3, 0.4) is 0 Å². The molecular weight excluding hydrogens is 154 g/mol. The van der Waals surface area contributed by atoms with Gasteiger partial charge in [0.2, 0.25) is 0 Å². The summed E-state index contributed by atoms with van der Waals surface area (Å²) >= 11 is 0. The van der Waals surface area contributed by atoms with E-state index in [0.29, 0.717) is 0 Å². The molecule has 0 spiro atoms. The lowest BCUT2D eigenvalue weighted by Crippen LogP contribution is -2.39. The SMILES string of the molecule is CC.CC(O)(CO)C1CCNC1. The van der Waals surface area contributed by atoms with Crippen LogP contribution in [-0.2, 0) is 0 Å². The molecule has 1 saturated heterocycles. The summed E-state index contributed by atoms with van der Waals surface area (Å²) in [6.45, 7) is 7.33. The van der Waals surface area contributed by atoms with Crippen LogP contribution in [0.15, 0.2) is 0 Å². The van der Waals surface area contributed by atoms with Crippen molar-refractivity contribution < 1.29 is 10.2 Å². The van der Waals surface area contributed by atoms with Crippen LogP contribution >= 0.6 is 0 Å². The zero-order chi connectivity index (χ0) is 9.61. The predicted octanol–water partition coefficient (Wildman–Crippen LogP) is 0.365. The van der Waals surface area contributed by atoms with Crippen molar-refractivity contribution in [2.45, 2.75) is 32.8 Å². The average Bonchev–Trinajstić information content (AvgIpc) is 2.61. The van der Waals surface area contributed by atoms with Crippen molar-refractivity contribution in [1.82, 2.24) is 5.32 Å². The second-order valence-electron chi connectivity index (χ2n) is 3.21. The van der Waals surface area contributed by atoms with Crippen LogP contribution in [0.4, 0.5) is 0 Å². The van der Waals surface area contributed by atoms with E-state index in [9.17, 15) is 5.11 Å². The van der Waals surface area contributed by atoms with E-state index in [2.05, 4.69) is 5.32 Å². The Morgan fingerprint density at radius 3 is 2.42 bits per heavy atom. The van der Waals surface area contributed by atoms with Gasteiger partial charge in [0.05, 0.1) is 12.2 Å². The summed E-state index contributed by atoms with van der Waals surface area (Å²) in [7, 11) is 0. The van der Waals surface area contributed by atoms with E-state index < -0.39 is 5.60 Å². The molecular formula is C9H21NO2.